The van der Waals surface area contributed by atoms with Crippen molar-refractivity contribution in [1.82, 2.24) is 15.1 Å². The summed E-state index contributed by atoms with van der Waals surface area (Å²) in [4.78, 5) is 13.2. The van der Waals surface area contributed by atoms with Crippen LogP contribution in [0.25, 0.3) is 0 Å². The number of piperazine rings is 1. The van der Waals surface area contributed by atoms with Crippen LogP contribution in [0.1, 0.15) is 5.76 Å². The first kappa shape index (κ1) is 16.2. The predicted octanol–water partition coefficient (Wildman–Crippen LogP) is 2.43. The Labute approximate surface area is 151 Å². The minimum atomic E-state index is 0.515. The lowest BCUT2D eigenvalue weighted by Gasteiger charge is -2.37. The molecule has 134 valence electrons. The fourth-order valence-corrected chi connectivity index (χ4v) is 3.10. The molecule has 8 heteroatoms. The molecule has 0 unspecified atom stereocenters. The summed E-state index contributed by atoms with van der Waals surface area (Å²) in [6, 6.07) is 12.2. The van der Waals surface area contributed by atoms with E-state index >= 15 is 0 Å². The molecule has 4 rings (SSSR count). The van der Waals surface area contributed by atoms with Crippen LogP contribution < -0.4 is 20.9 Å². The summed E-state index contributed by atoms with van der Waals surface area (Å²) in [5.74, 6) is 2.58. The first-order valence-corrected chi connectivity index (χ1v) is 8.56. The third-order valence-electron chi connectivity index (χ3n) is 4.44. The van der Waals surface area contributed by atoms with Gasteiger partial charge in [0.05, 0.1) is 0 Å². The number of aromatic nitrogens is 3. The Morgan fingerprint density at radius 1 is 1.04 bits per heavy atom. The lowest BCUT2D eigenvalue weighted by atomic mass is 10.2. The van der Waals surface area contributed by atoms with E-state index in [1.54, 1.807) is 6.07 Å². The van der Waals surface area contributed by atoms with E-state index in [0.29, 0.717) is 17.3 Å². The smallest absolute Gasteiger partial charge is 0.175 e. The molecule has 1 aliphatic rings. The molecule has 26 heavy (non-hydrogen) atoms. The van der Waals surface area contributed by atoms with E-state index in [9.17, 15) is 0 Å². The maximum atomic E-state index is 6.31. The summed E-state index contributed by atoms with van der Waals surface area (Å²) in [6.45, 7) is 5.35. The van der Waals surface area contributed by atoms with E-state index in [1.165, 1.54) is 12.0 Å². The normalized spacial score (nSPS) is 14.5. The lowest BCUT2D eigenvalue weighted by Crippen LogP contribution is -2.47. The molecule has 3 N–H and O–H groups in total. The Morgan fingerprint density at radius 3 is 2.46 bits per heavy atom. The van der Waals surface area contributed by atoms with Gasteiger partial charge in [0.1, 0.15) is 17.8 Å². The highest BCUT2D eigenvalue weighted by Crippen LogP contribution is 2.29. The summed E-state index contributed by atoms with van der Waals surface area (Å²) >= 11 is 0. The number of nitrogens with two attached hydrogens (primary N) is 1. The molecular weight excluding hydrogens is 330 g/mol. The van der Waals surface area contributed by atoms with Gasteiger partial charge in [-0.25, -0.2) is 9.97 Å². The summed E-state index contributed by atoms with van der Waals surface area (Å²) in [6.07, 6.45) is 1.52. The van der Waals surface area contributed by atoms with Crippen LogP contribution in [0.2, 0.25) is 0 Å². The number of benzene rings is 1. The maximum Gasteiger partial charge on any atom is 0.175 e. The molecular formula is C18H21N7O. The van der Waals surface area contributed by atoms with Crippen LogP contribution in [0.3, 0.4) is 0 Å². The predicted molar refractivity (Wildman–Crippen MR) is 102 cm³/mol. The van der Waals surface area contributed by atoms with Gasteiger partial charge in [-0.2, -0.15) is 0 Å². The van der Waals surface area contributed by atoms with Crippen LogP contribution >= 0.6 is 0 Å². The van der Waals surface area contributed by atoms with Crippen molar-refractivity contribution in [2.45, 2.75) is 6.92 Å². The summed E-state index contributed by atoms with van der Waals surface area (Å²) in [7, 11) is 0. The lowest BCUT2D eigenvalue weighted by molar-refractivity contribution is 0.400. The van der Waals surface area contributed by atoms with Gasteiger partial charge in [-0.05, 0) is 19.1 Å². The molecule has 0 aliphatic carbocycles. The molecule has 0 saturated carbocycles. The monoisotopic (exact) mass is 351 g/mol. The van der Waals surface area contributed by atoms with Crippen LogP contribution in [0, 0.1) is 6.92 Å². The van der Waals surface area contributed by atoms with Crippen molar-refractivity contribution in [2.75, 3.05) is 47.0 Å². The van der Waals surface area contributed by atoms with Crippen molar-refractivity contribution in [1.29, 1.82) is 0 Å². The highest BCUT2D eigenvalue weighted by molar-refractivity contribution is 5.77. The molecule has 1 fully saturated rings. The Morgan fingerprint density at radius 2 is 1.77 bits per heavy atom. The number of hydrogen-bond donors (Lipinski definition) is 2. The molecule has 0 amide bonds. The number of nitrogens with one attached hydrogen (secondary N) is 1. The topological polar surface area (TPSA) is 96.3 Å². The zero-order valence-corrected chi connectivity index (χ0v) is 14.6. The van der Waals surface area contributed by atoms with Crippen LogP contribution in [0.15, 0.2) is 47.2 Å². The number of hydrogen-bond acceptors (Lipinski definition) is 8. The molecule has 3 aromatic rings. The van der Waals surface area contributed by atoms with Crippen molar-refractivity contribution in [3.05, 3.63) is 48.5 Å². The zero-order chi connectivity index (χ0) is 17.9. The van der Waals surface area contributed by atoms with Crippen LogP contribution in [0.5, 0.6) is 0 Å². The Bertz CT molecular complexity index is 872. The minimum absolute atomic E-state index is 0.515. The second-order valence-electron chi connectivity index (χ2n) is 6.22. The molecule has 2 aromatic heterocycles. The highest BCUT2D eigenvalue weighted by atomic mass is 16.5. The van der Waals surface area contributed by atoms with E-state index in [1.807, 2.05) is 13.0 Å². The van der Waals surface area contributed by atoms with Gasteiger partial charge in [0, 0.05) is 37.9 Å². The third kappa shape index (κ3) is 3.26. The van der Waals surface area contributed by atoms with Gasteiger partial charge < -0.3 is 25.4 Å². The number of anilines is 5. The number of para-hydroxylation sites is 1. The molecule has 0 spiro atoms. The molecule has 3 heterocycles. The first-order chi connectivity index (χ1) is 12.7. The molecule has 0 atom stereocenters. The molecule has 0 bridgehead atoms. The number of rotatable bonds is 4. The van der Waals surface area contributed by atoms with Gasteiger partial charge in [0.15, 0.2) is 17.5 Å². The van der Waals surface area contributed by atoms with E-state index in [2.05, 4.69) is 54.5 Å². The van der Waals surface area contributed by atoms with Gasteiger partial charge in [-0.1, -0.05) is 23.4 Å². The third-order valence-corrected chi connectivity index (χ3v) is 4.44. The van der Waals surface area contributed by atoms with Crippen LogP contribution in [-0.2, 0) is 0 Å². The van der Waals surface area contributed by atoms with E-state index in [4.69, 9.17) is 10.3 Å². The van der Waals surface area contributed by atoms with E-state index in [-0.39, 0.29) is 0 Å². The summed E-state index contributed by atoms with van der Waals surface area (Å²) in [5, 5.41) is 7.00. The number of aryl methyl sites for hydroxylation is 1. The van der Waals surface area contributed by atoms with Crippen molar-refractivity contribution in [3.63, 3.8) is 0 Å². The van der Waals surface area contributed by atoms with E-state index < -0.39 is 0 Å². The molecule has 8 nitrogen and oxygen atoms in total. The molecule has 1 saturated heterocycles. The minimum Gasteiger partial charge on any atom is -0.393 e. The van der Waals surface area contributed by atoms with Gasteiger partial charge in [0.25, 0.3) is 0 Å². The van der Waals surface area contributed by atoms with Gasteiger partial charge in [-0.3, -0.25) is 0 Å². The van der Waals surface area contributed by atoms with Gasteiger partial charge in [-0.15, -0.1) is 0 Å². The first-order valence-electron chi connectivity index (χ1n) is 8.56. The van der Waals surface area contributed by atoms with E-state index in [0.717, 1.165) is 37.8 Å². The van der Waals surface area contributed by atoms with Crippen molar-refractivity contribution >= 4 is 28.8 Å². The Hall–Kier alpha value is -3.29. The van der Waals surface area contributed by atoms with Crippen LogP contribution in [0.4, 0.5) is 28.8 Å². The number of nitrogens with zero attached hydrogens (tertiary/aromatic N) is 5. The average molecular weight is 351 g/mol. The molecule has 1 aromatic carbocycles. The second-order valence-corrected chi connectivity index (χ2v) is 6.22. The summed E-state index contributed by atoms with van der Waals surface area (Å²) < 4.78 is 5.06. The molecule has 0 radical (unpaired) electrons. The Balaban J connectivity index is 1.47. The van der Waals surface area contributed by atoms with Gasteiger partial charge >= 0.3 is 0 Å². The Kier molecular flexibility index (Phi) is 4.30. The quantitative estimate of drug-likeness (QED) is 0.740. The fraction of sp³-hybridized carbons (Fsp3) is 0.278. The standard InChI is InChI=1S/C18H21N7O/c1-13-11-15(23-26-13)22-17-16(19)18(21-12-20-17)25-9-7-24(8-10-25)14-5-3-2-4-6-14/h2-6,11-12H,7-10,19H2,1H3,(H,20,21,22,23). The van der Waals surface area contributed by atoms with Crippen molar-refractivity contribution in [3.8, 4) is 0 Å². The summed E-state index contributed by atoms with van der Waals surface area (Å²) in [5.41, 5.74) is 8.07. The zero-order valence-electron chi connectivity index (χ0n) is 14.6. The van der Waals surface area contributed by atoms with Gasteiger partial charge in [0.2, 0.25) is 0 Å². The van der Waals surface area contributed by atoms with Crippen LogP contribution in [-0.4, -0.2) is 41.3 Å². The SMILES string of the molecule is Cc1cc(Nc2ncnc(N3CCN(c4ccccc4)CC3)c2N)no1. The average Bonchev–Trinajstić information content (AvgIpc) is 3.09. The maximum absolute atomic E-state index is 6.31. The molecule has 1 aliphatic heterocycles. The number of nitrogen functional groups attached to an aromatic ring is 1. The van der Waals surface area contributed by atoms with Crippen molar-refractivity contribution < 1.29 is 4.52 Å². The van der Waals surface area contributed by atoms with Crippen molar-refractivity contribution in [2.24, 2.45) is 0 Å². The second kappa shape index (κ2) is 6.91. The largest absolute Gasteiger partial charge is 0.393 e. The fourth-order valence-electron chi connectivity index (χ4n) is 3.10. The highest BCUT2D eigenvalue weighted by Gasteiger charge is 2.21.